The quantitative estimate of drug-likeness (QED) is 0.789. The minimum absolute atomic E-state index is 0.121. The highest BCUT2D eigenvalue weighted by Crippen LogP contribution is 2.32. The number of alkyl halides is 2. The SMILES string of the molecule is OCc1c(Cl)ncc(Cl)c1C(F)F. The monoisotopic (exact) mass is 227 g/mol. The van der Waals surface area contributed by atoms with Crippen LogP contribution >= 0.6 is 23.2 Å². The highest BCUT2D eigenvalue weighted by molar-refractivity contribution is 6.33. The van der Waals surface area contributed by atoms with E-state index in [-0.39, 0.29) is 15.7 Å². The summed E-state index contributed by atoms with van der Waals surface area (Å²) in [4.78, 5) is 3.53. The van der Waals surface area contributed by atoms with E-state index in [1.54, 1.807) is 0 Å². The van der Waals surface area contributed by atoms with Gasteiger partial charge in [-0.3, -0.25) is 0 Å². The maximum atomic E-state index is 12.4. The largest absolute Gasteiger partial charge is 0.392 e. The lowest BCUT2D eigenvalue weighted by atomic mass is 10.1. The van der Waals surface area contributed by atoms with Crippen LogP contribution in [0.1, 0.15) is 17.6 Å². The molecule has 1 heterocycles. The summed E-state index contributed by atoms with van der Waals surface area (Å²) in [5.74, 6) is 0. The van der Waals surface area contributed by atoms with Crippen molar-refractivity contribution < 1.29 is 13.9 Å². The minimum atomic E-state index is -2.77. The topological polar surface area (TPSA) is 33.1 Å². The van der Waals surface area contributed by atoms with Crippen LogP contribution in [-0.4, -0.2) is 10.1 Å². The molecule has 0 unspecified atom stereocenters. The maximum absolute atomic E-state index is 12.4. The van der Waals surface area contributed by atoms with Crippen LogP contribution in [0.2, 0.25) is 10.2 Å². The van der Waals surface area contributed by atoms with Crippen molar-refractivity contribution in [3.05, 3.63) is 27.5 Å². The molecular weight excluding hydrogens is 223 g/mol. The molecule has 0 aliphatic heterocycles. The van der Waals surface area contributed by atoms with Gasteiger partial charge in [0.25, 0.3) is 6.43 Å². The lowest BCUT2D eigenvalue weighted by Gasteiger charge is -2.08. The first-order valence-electron chi connectivity index (χ1n) is 3.29. The Morgan fingerprint density at radius 1 is 1.46 bits per heavy atom. The van der Waals surface area contributed by atoms with E-state index in [4.69, 9.17) is 28.3 Å². The average Bonchev–Trinajstić information content (AvgIpc) is 2.07. The van der Waals surface area contributed by atoms with E-state index in [0.29, 0.717) is 0 Å². The summed E-state index contributed by atoms with van der Waals surface area (Å²) >= 11 is 10.9. The Bertz CT molecular complexity index is 320. The van der Waals surface area contributed by atoms with E-state index in [1.165, 1.54) is 0 Å². The number of hydrogen-bond acceptors (Lipinski definition) is 2. The van der Waals surface area contributed by atoms with Gasteiger partial charge in [0.2, 0.25) is 0 Å². The normalized spacial score (nSPS) is 10.9. The summed E-state index contributed by atoms with van der Waals surface area (Å²) in [6.45, 7) is -0.605. The first-order chi connectivity index (χ1) is 6.07. The summed E-state index contributed by atoms with van der Waals surface area (Å²) in [7, 11) is 0. The third-order valence-corrected chi connectivity index (χ3v) is 2.13. The molecule has 0 aromatic carbocycles. The van der Waals surface area contributed by atoms with Gasteiger partial charge in [0.15, 0.2) is 0 Å². The molecule has 2 nitrogen and oxygen atoms in total. The summed E-state index contributed by atoms with van der Waals surface area (Å²) in [5, 5.41) is 8.41. The van der Waals surface area contributed by atoms with E-state index in [0.717, 1.165) is 6.20 Å². The Kier molecular flexibility index (Phi) is 3.41. The van der Waals surface area contributed by atoms with Crippen LogP contribution < -0.4 is 0 Å². The third kappa shape index (κ3) is 2.07. The second-order valence-corrected chi connectivity index (χ2v) is 3.01. The van der Waals surface area contributed by atoms with Gasteiger partial charge < -0.3 is 5.11 Å². The molecule has 1 rings (SSSR count). The van der Waals surface area contributed by atoms with Crippen molar-refractivity contribution >= 4 is 23.2 Å². The fraction of sp³-hybridized carbons (Fsp3) is 0.286. The van der Waals surface area contributed by atoms with E-state index < -0.39 is 18.6 Å². The lowest BCUT2D eigenvalue weighted by molar-refractivity contribution is 0.147. The summed E-state index contributed by atoms with van der Waals surface area (Å²) < 4.78 is 24.7. The Labute approximate surface area is 83.1 Å². The fourth-order valence-corrected chi connectivity index (χ4v) is 1.36. The highest BCUT2D eigenvalue weighted by Gasteiger charge is 2.19. The molecule has 0 bridgehead atoms. The smallest absolute Gasteiger partial charge is 0.265 e. The summed E-state index contributed by atoms with van der Waals surface area (Å²) in [5.41, 5.74) is -0.576. The van der Waals surface area contributed by atoms with Crippen molar-refractivity contribution in [2.45, 2.75) is 13.0 Å². The molecule has 6 heteroatoms. The van der Waals surface area contributed by atoms with Crippen molar-refractivity contribution in [3.63, 3.8) is 0 Å². The Hall–Kier alpha value is -0.450. The molecule has 0 fully saturated rings. The van der Waals surface area contributed by atoms with Gasteiger partial charge in [-0.2, -0.15) is 0 Å². The zero-order valence-electron chi connectivity index (χ0n) is 6.27. The van der Waals surface area contributed by atoms with Crippen molar-refractivity contribution in [1.29, 1.82) is 0 Å². The molecule has 1 aromatic heterocycles. The molecule has 0 aliphatic rings. The molecule has 1 aromatic rings. The van der Waals surface area contributed by atoms with Gasteiger partial charge in [0.05, 0.1) is 11.6 Å². The lowest BCUT2D eigenvalue weighted by Crippen LogP contribution is -1.99. The molecule has 1 N–H and O–H groups in total. The number of nitrogens with zero attached hydrogens (tertiary/aromatic N) is 1. The van der Waals surface area contributed by atoms with Gasteiger partial charge in [-0.15, -0.1) is 0 Å². The molecule has 0 saturated carbocycles. The summed E-state index contributed by atoms with van der Waals surface area (Å²) in [6.07, 6.45) is -1.74. The molecule has 0 atom stereocenters. The Morgan fingerprint density at radius 3 is 2.46 bits per heavy atom. The Morgan fingerprint density at radius 2 is 2.08 bits per heavy atom. The maximum Gasteiger partial charge on any atom is 0.265 e. The zero-order chi connectivity index (χ0) is 10.0. The molecule has 0 amide bonds. The number of rotatable bonds is 2. The van der Waals surface area contributed by atoms with Gasteiger partial charge in [0, 0.05) is 17.3 Å². The van der Waals surface area contributed by atoms with Crippen LogP contribution in [0.3, 0.4) is 0 Å². The molecule has 0 saturated heterocycles. The molecule has 0 radical (unpaired) electrons. The van der Waals surface area contributed by atoms with Crippen LogP contribution in [0.25, 0.3) is 0 Å². The van der Waals surface area contributed by atoms with Crippen molar-refractivity contribution in [2.24, 2.45) is 0 Å². The highest BCUT2D eigenvalue weighted by atomic mass is 35.5. The van der Waals surface area contributed by atoms with E-state index in [9.17, 15) is 8.78 Å². The second kappa shape index (κ2) is 4.17. The molecule has 13 heavy (non-hydrogen) atoms. The number of aliphatic hydroxyl groups is 1. The number of hydrogen-bond donors (Lipinski definition) is 1. The van der Waals surface area contributed by atoms with Crippen molar-refractivity contribution in [1.82, 2.24) is 4.98 Å². The van der Waals surface area contributed by atoms with Crippen LogP contribution in [0.15, 0.2) is 6.20 Å². The van der Waals surface area contributed by atoms with Crippen LogP contribution in [-0.2, 0) is 6.61 Å². The predicted octanol–water partition coefficient (Wildman–Crippen LogP) is 2.82. The van der Waals surface area contributed by atoms with Gasteiger partial charge in [-0.25, -0.2) is 13.8 Å². The van der Waals surface area contributed by atoms with E-state index in [2.05, 4.69) is 4.98 Å². The van der Waals surface area contributed by atoms with Crippen LogP contribution in [0, 0.1) is 0 Å². The Balaban J connectivity index is 3.35. The van der Waals surface area contributed by atoms with E-state index >= 15 is 0 Å². The average molecular weight is 228 g/mol. The predicted molar refractivity (Wildman–Crippen MR) is 45.1 cm³/mol. The molecule has 0 aliphatic carbocycles. The molecule has 72 valence electrons. The number of pyridine rings is 1. The summed E-state index contributed by atoms with van der Waals surface area (Å²) in [6, 6.07) is 0. The standard InChI is InChI=1S/C7H5Cl2F2NO/c8-4-1-12-6(9)3(2-13)5(4)7(10)11/h1,7,13H,2H2. The van der Waals surface area contributed by atoms with Gasteiger partial charge in [0.1, 0.15) is 5.15 Å². The van der Waals surface area contributed by atoms with Crippen LogP contribution in [0.4, 0.5) is 8.78 Å². The van der Waals surface area contributed by atoms with E-state index in [1.807, 2.05) is 0 Å². The minimum Gasteiger partial charge on any atom is -0.392 e. The number of aliphatic hydroxyl groups excluding tert-OH is 1. The number of aromatic nitrogens is 1. The van der Waals surface area contributed by atoms with Crippen molar-refractivity contribution in [2.75, 3.05) is 0 Å². The van der Waals surface area contributed by atoms with Crippen LogP contribution in [0.5, 0.6) is 0 Å². The zero-order valence-corrected chi connectivity index (χ0v) is 7.78. The van der Waals surface area contributed by atoms with Gasteiger partial charge in [-0.1, -0.05) is 23.2 Å². The van der Waals surface area contributed by atoms with Gasteiger partial charge >= 0.3 is 0 Å². The molecular formula is C7H5Cl2F2NO. The number of halogens is 4. The molecule has 0 spiro atoms. The second-order valence-electron chi connectivity index (χ2n) is 2.25. The van der Waals surface area contributed by atoms with Gasteiger partial charge in [-0.05, 0) is 0 Å². The first kappa shape index (κ1) is 10.6. The first-order valence-corrected chi connectivity index (χ1v) is 4.05. The fourth-order valence-electron chi connectivity index (χ4n) is 0.902. The van der Waals surface area contributed by atoms with Crippen molar-refractivity contribution in [3.8, 4) is 0 Å². The third-order valence-electron chi connectivity index (χ3n) is 1.50.